The minimum Gasteiger partial charge on any atom is -0.494 e. The standard InChI is InChI=1S/C31H36Cl2FN3O5S/c1-5-29(31(39)35-18-21(3)4)36(19-22-7-16-27(32)28(33)17-22)30(38)20-37(24-10-12-25(13-11-24)42-6-2)43(40,41)26-14-8-23(34)9-15-26/h7-17,21,29H,5-6,18-20H2,1-4H3,(H,35,39). The molecule has 8 nitrogen and oxygen atoms in total. The molecule has 2 amide bonds. The number of ether oxygens (including phenoxy) is 1. The van der Waals surface area contributed by atoms with E-state index in [9.17, 15) is 22.4 Å². The van der Waals surface area contributed by atoms with E-state index >= 15 is 0 Å². The van der Waals surface area contributed by atoms with E-state index in [-0.39, 0.29) is 40.4 Å². The molecule has 0 radical (unpaired) electrons. The zero-order chi connectivity index (χ0) is 31.7. The molecule has 0 aliphatic carbocycles. The number of halogens is 3. The van der Waals surface area contributed by atoms with Gasteiger partial charge in [-0.2, -0.15) is 0 Å². The minimum absolute atomic E-state index is 0.0307. The van der Waals surface area contributed by atoms with Gasteiger partial charge < -0.3 is 15.0 Å². The molecule has 1 atom stereocenters. The van der Waals surface area contributed by atoms with Crippen LogP contribution in [0.1, 0.15) is 39.7 Å². The molecule has 0 saturated carbocycles. The van der Waals surface area contributed by atoms with Crippen molar-refractivity contribution < 1.29 is 27.1 Å². The number of carbonyl (C=O) groups excluding carboxylic acids is 2. The summed E-state index contributed by atoms with van der Waals surface area (Å²) in [5, 5.41) is 3.49. The molecule has 3 aromatic rings. The quantitative estimate of drug-likeness (QED) is 0.221. The second-order valence-electron chi connectivity index (χ2n) is 10.2. The maximum Gasteiger partial charge on any atom is 0.264 e. The van der Waals surface area contributed by atoms with E-state index in [4.69, 9.17) is 27.9 Å². The van der Waals surface area contributed by atoms with Crippen LogP contribution < -0.4 is 14.4 Å². The van der Waals surface area contributed by atoms with Crippen molar-refractivity contribution in [3.63, 3.8) is 0 Å². The maximum absolute atomic E-state index is 14.1. The SMILES string of the molecule is CCOc1ccc(N(CC(=O)N(Cc2ccc(Cl)c(Cl)c2)C(CC)C(=O)NCC(C)C)S(=O)(=O)c2ccc(F)cc2)cc1. The smallest absolute Gasteiger partial charge is 0.264 e. The first-order valence-corrected chi connectivity index (χ1v) is 16.1. The number of hydrogen-bond donors (Lipinski definition) is 1. The molecule has 0 bridgehead atoms. The van der Waals surface area contributed by atoms with Crippen LogP contribution in [-0.4, -0.2) is 50.9 Å². The summed E-state index contributed by atoms with van der Waals surface area (Å²) in [6.07, 6.45) is 0.269. The highest BCUT2D eigenvalue weighted by Crippen LogP contribution is 2.28. The van der Waals surface area contributed by atoms with Crippen molar-refractivity contribution in [1.82, 2.24) is 10.2 Å². The lowest BCUT2D eigenvalue weighted by Crippen LogP contribution is -2.52. The average molecular weight is 653 g/mol. The first-order chi connectivity index (χ1) is 20.4. The van der Waals surface area contributed by atoms with Crippen LogP contribution in [0.4, 0.5) is 10.1 Å². The van der Waals surface area contributed by atoms with Gasteiger partial charge in [0, 0.05) is 13.1 Å². The van der Waals surface area contributed by atoms with E-state index in [0.29, 0.717) is 29.5 Å². The molecule has 0 saturated heterocycles. The lowest BCUT2D eigenvalue weighted by Gasteiger charge is -2.33. The van der Waals surface area contributed by atoms with Gasteiger partial charge in [-0.15, -0.1) is 0 Å². The predicted molar refractivity (Wildman–Crippen MR) is 167 cm³/mol. The van der Waals surface area contributed by atoms with Crippen LogP contribution in [0.25, 0.3) is 0 Å². The summed E-state index contributed by atoms with van der Waals surface area (Å²) >= 11 is 12.3. The molecule has 1 unspecified atom stereocenters. The molecule has 3 rings (SSSR count). The molecule has 43 heavy (non-hydrogen) atoms. The molecule has 232 valence electrons. The molecule has 0 fully saturated rings. The van der Waals surface area contributed by atoms with Crippen molar-refractivity contribution in [3.8, 4) is 5.75 Å². The molecule has 0 aromatic heterocycles. The molecule has 12 heteroatoms. The summed E-state index contributed by atoms with van der Waals surface area (Å²) in [5.41, 5.74) is 0.791. The fraction of sp³-hybridized carbons (Fsp3) is 0.355. The Morgan fingerprint density at radius 2 is 1.60 bits per heavy atom. The number of nitrogens with zero attached hydrogens (tertiary/aromatic N) is 2. The molecule has 0 aliphatic heterocycles. The van der Waals surface area contributed by atoms with Crippen molar-refractivity contribution in [2.24, 2.45) is 5.92 Å². The van der Waals surface area contributed by atoms with Crippen molar-refractivity contribution in [3.05, 3.63) is 88.2 Å². The van der Waals surface area contributed by atoms with Crippen LogP contribution in [0.2, 0.25) is 10.0 Å². The number of anilines is 1. The summed E-state index contributed by atoms with van der Waals surface area (Å²) in [5.74, 6) is -0.896. The highest BCUT2D eigenvalue weighted by atomic mass is 35.5. The number of hydrogen-bond acceptors (Lipinski definition) is 5. The highest BCUT2D eigenvalue weighted by Gasteiger charge is 2.34. The van der Waals surface area contributed by atoms with Crippen LogP contribution >= 0.6 is 23.2 Å². The summed E-state index contributed by atoms with van der Waals surface area (Å²) < 4.78 is 47.9. The van der Waals surface area contributed by atoms with Crippen LogP contribution in [0.3, 0.4) is 0 Å². The second-order valence-corrected chi connectivity index (χ2v) is 12.9. The predicted octanol–water partition coefficient (Wildman–Crippen LogP) is 6.31. The van der Waals surface area contributed by atoms with E-state index in [0.717, 1.165) is 28.6 Å². The van der Waals surface area contributed by atoms with Gasteiger partial charge in [0.2, 0.25) is 11.8 Å². The molecule has 0 spiro atoms. The largest absolute Gasteiger partial charge is 0.494 e. The van der Waals surface area contributed by atoms with Crippen molar-refractivity contribution in [1.29, 1.82) is 0 Å². The normalized spacial score (nSPS) is 12.1. The van der Waals surface area contributed by atoms with Crippen molar-refractivity contribution >= 4 is 50.7 Å². The average Bonchev–Trinajstić information content (AvgIpc) is 2.97. The number of carbonyl (C=O) groups is 2. The molecule has 1 N–H and O–H groups in total. The number of rotatable bonds is 14. The molecular formula is C31H36Cl2FN3O5S. The summed E-state index contributed by atoms with van der Waals surface area (Å²) in [7, 11) is -4.34. The van der Waals surface area contributed by atoms with Crippen molar-refractivity contribution in [2.75, 3.05) is 24.0 Å². The number of sulfonamides is 1. The van der Waals surface area contributed by atoms with Gasteiger partial charge in [-0.25, -0.2) is 12.8 Å². The van der Waals surface area contributed by atoms with Crippen LogP contribution in [-0.2, 0) is 26.2 Å². The Morgan fingerprint density at radius 3 is 2.16 bits per heavy atom. The Kier molecular flexibility index (Phi) is 12.2. The third-order valence-corrected chi connectivity index (χ3v) is 9.05. The monoisotopic (exact) mass is 651 g/mol. The van der Waals surface area contributed by atoms with E-state index in [1.165, 1.54) is 17.0 Å². The van der Waals surface area contributed by atoms with Gasteiger partial charge in [-0.3, -0.25) is 13.9 Å². The lowest BCUT2D eigenvalue weighted by molar-refractivity contribution is -0.140. The van der Waals surface area contributed by atoms with Gasteiger partial charge in [-0.05, 0) is 85.5 Å². The van der Waals surface area contributed by atoms with Gasteiger partial charge in [0.25, 0.3) is 10.0 Å². The van der Waals surface area contributed by atoms with E-state index in [1.54, 1.807) is 37.3 Å². The van der Waals surface area contributed by atoms with Gasteiger partial charge in [0.1, 0.15) is 24.2 Å². The van der Waals surface area contributed by atoms with Crippen LogP contribution in [0.5, 0.6) is 5.75 Å². The van der Waals surface area contributed by atoms with Gasteiger partial charge in [0.05, 0.1) is 27.2 Å². The summed E-state index contributed by atoms with van der Waals surface area (Å²) in [6.45, 7) is 7.65. The first-order valence-electron chi connectivity index (χ1n) is 13.9. The molecule has 0 heterocycles. The summed E-state index contributed by atoms with van der Waals surface area (Å²) in [6, 6.07) is 14.6. The number of nitrogens with one attached hydrogen (secondary N) is 1. The van der Waals surface area contributed by atoms with E-state index < -0.39 is 34.3 Å². The van der Waals surface area contributed by atoms with Gasteiger partial charge in [-0.1, -0.05) is 50.0 Å². The van der Waals surface area contributed by atoms with Gasteiger partial charge in [0.15, 0.2) is 0 Å². The van der Waals surface area contributed by atoms with E-state index in [2.05, 4.69) is 5.32 Å². The Labute approximate surface area is 262 Å². The minimum atomic E-state index is -4.34. The number of amides is 2. The van der Waals surface area contributed by atoms with Gasteiger partial charge >= 0.3 is 0 Å². The second kappa shape index (κ2) is 15.4. The van der Waals surface area contributed by atoms with E-state index in [1.807, 2.05) is 20.8 Å². The Bertz CT molecular complexity index is 1500. The van der Waals surface area contributed by atoms with Crippen LogP contribution in [0.15, 0.2) is 71.6 Å². The zero-order valence-corrected chi connectivity index (χ0v) is 26.8. The van der Waals surface area contributed by atoms with Crippen molar-refractivity contribution in [2.45, 2.75) is 51.6 Å². The first kappa shape index (κ1) is 34.2. The third-order valence-electron chi connectivity index (χ3n) is 6.52. The fourth-order valence-corrected chi connectivity index (χ4v) is 6.05. The number of benzene rings is 3. The topological polar surface area (TPSA) is 96.0 Å². The zero-order valence-electron chi connectivity index (χ0n) is 24.5. The maximum atomic E-state index is 14.1. The Morgan fingerprint density at radius 1 is 0.953 bits per heavy atom. The fourth-order valence-electron chi connectivity index (χ4n) is 4.31. The van der Waals surface area contributed by atoms with Crippen LogP contribution in [0, 0.1) is 11.7 Å². The Balaban J connectivity index is 2.06. The molecular weight excluding hydrogens is 616 g/mol. The Hall–Kier alpha value is -3.34. The summed E-state index contributed by atoms with van der Waals surface area (Å²) in [4.78, 5) is 28.6. The highest BCUT2D eigenvalue weighted by molar-refractivity contribution is 7.92. The third kappa shape index (κ3) is 9.08. The molecule has 3 aromatic carbocycles. The lowest BCUT2D eigenvalue weighted by atomic mass is 10.1. The molecule has 0 aliphatic rings.